The molecule has 0 aliphatic heterocycles. The van der Waals surface area contributed by atoms with Crippen molar-refractivity contribution in [2.75, 3.05) is 14.2 Å². The minimum atomic E-state index is -0.825. The molecule has 0 saturated heterocycles. The lowest BCUT2D eigenvalue weighted by atomic mass is 10.1. The molecule has 1 aromatic heterocycles. The zero-order valence-corrected chi connectivity index (χ0v) is 14.2. The van der Waals surface area contributed by atoms with Crippen LogP contribution in [0.1, 0.15) is 28.0 Å². The van der Waals surface area contributed by atoms with Crippen LogP contribution in [0.5, 0.6) is 11.5 Å². The zero-order valence-electron chi connectivity index (χ0n) is 13.4. The van der Waals surface area contributed by atoms with Crippen LogP contribution in [0.2, 0.25) is 0 Å². The third kappa shape index (κ3) is 3.80. The van der Waals surface area contributed by atoms with E-state index >= 15 is 0 Å². The highest BCUT2D eigenvalue weighted by molar-refractivity contribution is 7.09. The second kappa shape index (κ2) is 7.73. The molecule has 0 radical (unpaired) electrons. The van der Waals surface area contributed by atoms with Crippen LogP contribution in [0, 0.1) is 10.1 Å². The molecule has 0 spiro atoms. The van der Waals surface area contributed by atoms with Crippen molar-refractivity contribution in [2.24, 2.45) is 0 Å². The summed E-state index contributed by atoms with van der Waals surface area (Å²) >= 11 is 1.47. The Morgan fingerprint density at radius 2 is 1.96 bits per heavy atom. The Balaban J connectivity index is 2.25. The molecule has 0 aliphatic carbocycles. The van der Waals surface area contributed by atoms with Crippen molar-refractivity contribution in [1.29, 1.82) is 0 Å². The Kier molecular flexibility index (Phi) is 5.69. The SMILES string of the molecule is CCc1nc(COC(=O)c2cc(OC)c(OC)cc2[N+](=O)[O-])cs1. The first kappa shape index (κ1) is 17.7. The average molecular weight is 352 g/mol. The van der Waals surface area contributed by atoms with Crippen molar-refractivity contribution < 1.29 is 23.9 Å². The first-order valence-electron chi connectivity index (χ1n) is 7.01. The van der Waals surface area contributed by atoms with Crippen LogP contribution in [0.25, 0.3) is 0 Å². The summed E-state index contributed by atoms with van der Waals surface area (Å²) < 4.78 is 15.2. The molecule has 128 valence electrons. The minimum absolute atomic E-state index is 0.0547. The van der Waals surface area contributed by atoms with E-state index in [0.717, 1.165) is 17.5 Å². The lowest BCUT2D eigenvalue weighted by molar-refractivity contribution is -0.385. The molecule has 0 atom stereocenters. The van der Waals surface area contributed by atoms with Crippen LogP contribution in [-0.4, -0.2) is 30.1 Å². The second-order valence-electron chi connectivity index (χ2n) is 4.64. The highest BCUT2D eigenvalue weighted by atomic mass is 32.1. The van der Waals surface area contributed by atoms with E-state index in [2.05, 4.69) is 4.98 Å². The monoisotopic (exact) mass is 352 g/mol. The zero-order chi connectivity index (χ0) is 17.7. The molecule has 0 bridgehead atoms. The molecule has 2 aromatic rings. The van der Waals surface area contributed by atoms with E-state index in [0.29, 0.717) is 5.69 Å². The first-order chi connectivity index (χ1) is 11.5. The van der Waals surface area contributed by atoms with Crippen LogP contribution in [0.4, 0.5) is 5.69 Å². The van der Waals surface area contributed by atoms with Gasteiger partial charge in [-0.15, -0.1) is 11.3 Å². The number of nitrogens with zero attached hydrogens (tertiary/aromatic N) is 2. The number of aryl methyl sites for hydroxylation is 1. The maximum Gasteiger partial charge on any atom is 0.345 e. The van der Waals surface area contributed by atoms with Crippen molar-refractivity contribution in [2.45, 2.75) is 20.0 Å². The molecular formula is C15H16N2O6S. The van der Waals surface area contributed by atoms with Gasteiger partial charge in [-0.05, 0) is 6.42 Å². The number of methoxy groups -OCH3 is 2. The molecule has 0 unspecified atom stereocenters. The fourth-order valence-electron chi connectivity index (χ4n) is 1.98. The van der Waals surface area contributed by atoms with Gasteiger partial charge >= 0.3 is 5.97 Å². The van der Waals surface area contributed by atoms with Crippen molar-refractivity contribution in [3.05, 3.63) is 43.9 Å². The van der Waals surface area contributed by atoms with Crippen LogP contribution in [0.15, 0.2) is 17.5 Å². The van der Waals surface area contributed by atoms with Gasteiger partial charge in [0.05, 0.1) is 35.9 Å². The summed E-state index contributed by atoms with van der Waals surface area (Å²) in [5.74, 6) is -0.460. The first-order valence-corrected chi connectivity index (χ1v) is 7.88. The van der Waals surface area contributed by atoms with Gasteiger partial charge in [0.15, 0.2) is 11.5 Å². The maximum atomic E-state index is 12.2. The van der Waals surface area contributed by atoms with Crippen LogP contribution in [-0.2, 0) is 17.8 Å². The Morgan fingerprint density at radius 3 is 2.50 bits per heavy atom. The number of aromatic nitrogens is 1. The minimum Gasteiger partial charge on any atom is -0.493 e. The summed E-state index contributed by atoms with van der Waals surface area (Å²) in [6.07, 6.45) is 0.791. The lowest BCUT2D eigenvalue weighted by Gasteiger charge is -2.10. The van der Waals surface area contributed by atoms with Gasteiger partial charge in [-0.25, -0.2) is 9.78 Å². The summed E-state index contributed by atoms with van der Waals surface area (Å²) in [6, 6.07) is 2.37. The molecule has 9 heteroatoms. The number of thiazole rings is 1. The summed E-state index contributed by atoms with van der Waals surface area (Å²) in [6.45, 7) is 1.92. The van der Waals surface area contributed by atoms with Gasteiger partial charge in [0.2, 0.25) is 0 Å². The molecule has 0 amide bonds. The largest absolute Gasteiger partial charge is 0.493 e. The molecular weight excluding hydrogens is 336 g/mol. The third-order valence-corrected chi connectivity index (χ3v) is 4.21. The van der Waals surface area contributed by atoms with Gasteiger partial charge in [0, 0.05) is 11.4 Å². The molecule has 0 N–H and O–H groups in total. The number of carbonyl (C=O) groups excluding carboxylic acids is 1. The molecule has 1 aromatic carbocycles. The topological polar surface area (TPSA) is 101 Å². The Labute approximate surface area is 142 Å². The van der Waals surface area contributed by atoms with Gasteiger partial charge in [0.1, 0.15) is 12.2 Å². The number of nitro benzene ring substituents is 1. The lowest BCUT2D eigenvalue weighted by Crippen LogP contribution is -2.09. The number of nitro groups is 1. The molecule has 0 saturated carbocycles. The van der Waals surface area contributed by atoms with Crippen molar-refractivity contribution in [3.63, 3.8) is 0 Å². The van der Waals surface area contributed by atoms with Gasteiger partial charge in [-0.2, -0.15) is 0 Å². The summed E-state index contributed by atoms with van der Waals surface area (Å²) in [5.41, 5.74) is -0.0119. The van der Waals surface area contributed by atoms with Crippen LogP contribution < -0.4 is 9.47 Å². The van der Waals surface area contributed by atoms with Crippen molar-refractivity contribution >= 4 is 23.0 Å². The number of ether oxygens (including phenoxy) is 3. The summed E-state index contributed by atoms with van der Waals surface area (Å²) in [5, 5.41) is 13.9. The van der Waals surface area contributed by atoms with E-state index < -0.39 is 16.6 Å². The summed E-state index contributed by atoms with van der Waals surface area (Å²) in [7, 11) is 2.73. The standard InChI is InChI=1S/C15H16N2O6S/c1-4-14-16-9(8-24-14)7-23-15(18)10-5-12(21-2)13(22-3)6-11(10)17(19)20/h5-6,8H,4,7H2,1-3H3. The molecule has 2 rings (SSSR count). The third-order valence-electron chi connectivity index (χ3n) is 3.17. The molecule has 1 heterocycles. The smallest absolute Gasteiger partial charge is 0.345 e. The quantitative estimate of drug-likeness (QED) is 0.429. The number of rotatable bonds is 7. The highest BCUT2D eigenvalue weighted by Gasteiger charge is 2.25. The predicted octanol–water partition coefficient (Wildman–Crippen LogP) is 2.99. The van der Waals surface area contributed by atoms with Crippen molar-refractivity contribution in [3.8, 4) is 11.5 Å². The fourth-order valence-corrected chi connectivity index (χ4v) is 2.71. The van der Waals surface area contributed by atoms with E-state index in [1.165, 1.54) is 31.6 Å². The number of esters is 1. The van der Waals surface area contributed by atoms with Gasteiger partial charge in [0.25, 0.3) is 5.69 Å². The molecule has 0 aliphatic rings. The average Bonchev–Trinajstić information content (AvgIpc) is 3.06. The number of hydrogen-bond donors (Lipinski definition) is 0. The van der Waals surface area contributed by atoms with E-state index in [1.807, 2.05) is 6.92 Å². The van der Waals surface area contributed by atoms with Crippen molar-refractivity contribution in [1.82, 2.24) is 4.98 Å². The normalized spacial score (nSPS) is 10.3. The van der Waals surface area contributed by atoms with E-state index in [4.69, 9.17) is 14.2 Å². The molecule has 0 fully saturated rings. The number of carbonyl (C=O) groups is 1. The van der Waals surface area contributed by atoms with Gasteiger partial charge in [-0.3, -0.25) is 10.1 Å². The Morgan fingerprint density at radius 1 is 1.29 bits per heavy atom. The second-order valence-corrected chi connectivity index (χ2v) is 5.59. The Hall–Kier alpha value is -2.68. The van der Waals surface area contributed by atoms with E-state index in [-0.39, 0.29) is 23.7 Å². The van der Waals surface area contributed by atoms with Crippen LogP contribution in [0.3, 0.4) is 0 Å². The van der Waals surface area contributed by atoms with Crippen LogP contribution >= 0.6 is 11.3 Å². The molecule has 8 nitrogen and oxygen atoms in total. The summed E-state index contributed by atoms with van der Waals surface area (Å²) in [4.78, 5) is 27.0. The van der Waals surface area contributed by atoms with E-state index in [9.17, 15) is 14.9 Å². The van der Waals surface area contributed by atoms with E-state index in [1.54, 1.807) is 5.38 Å². The number of benzene rings is 1. The fraction of sp³-hybridized carbons (Fsp3) is 0.333. The van der Waals surface area contributed by atoms with Gasteiger partial charge < -0.3 is 14.2 Å². The highest BCUT2D eigenvalue weighted by Crippen LogP contribution is 2.34. The van der Waals surface area contributed by atoms with Gasteiger partial charge in [-0.1, -0.05) is 6.92 Å². The Bertz CT molecular complexity index is 758. The maximum absolute atomic E-state index is 12.2. The predicted molar refractivity (Wildman–Crippen MR) is 86.8 cm³/mol. The number of hydrogen-bond acceptors (Lipinski definition) is 8. The molecule has 24 heavy (non-hydrogen) atoms.